The Morgan fingerprint density at radius 1 is 1.00 bits per heavy atom. The standard InChI is InChI=1S/C22H15Br2ClN2O4/c23-16-6-4-14(5-7-16)22(29)31-20-9-8-17(24)10-15(20)12-26-27-21(28)13-30-19-3-1-2-18(25)11-19/h1-12H,13H2,(H,27,28)/b26-12+. The summed E-state index contributed by atoms with van der Waals surface area (Å²) in [6.45, 7) is -0.235. The molecule has 31 heavy (non-hydrogen) atoms. The van der Waals surface area contributed by atoms with Crippen LogP contribution < -0.4 is 14.9 Å². The number of hydrogen-bond donors (Lipinski definition) is 1. The van der Waals surface area contributed by atoms with E-state index in [0.29, 0.717) is 27.6 Å². The number of hydrazone groups is 1. The Morgan fingerprint density at radius 3 is 2.48 bits per heavy atom. The van der Waals surface area contributed by atoms with E-state index in [1.54, 1.807) is 66.7 Å². The fourth-order valence-corrected chi connectivity index (χ4v) is 3.19. The third-order valence-corrected chi connectivity index (χ3v) is 5.07. The average Bonchev–Trinajstić information content (AvgIpc) is 2.74. The zero-order valence-electron chi connectivity index (χ0n) is 15.8. The second kappa shape index (κ2) is 11.1. The van der Waals surface area contributed by atoms with Gasteiger partial charge in [-0.2, -0.15) is 5.10 Å². The minimum atomic E-state index is -0.511. The van der Waals surface area contributed by atoms with Crippen molar-refractivity contribution in [2.75, 3.05) is 6.61 Å². The van der Waals surface area contributed by atoms with Crippen LogP contribution in [0.4, 0.5) is 0 Å². The van der Waals surface area contributed by atoms with Gasteiger partial charge in [-0.3, -0.25) is 4.79 Å². The van der Waals surface area contributed by atoms with Crippen LogP contribution in [0.1, 0.15) is 15.9 Å². The molecule has 0 saturated heterocycles. The number of hydrogen-bond acceptors (Lipinski definition) is 5. The molecule has 0 spiro atoms. The molecule has 0 aliphatic rings. The molecule has 0 aliphatic heterocycles. The van der Waals surface area contributed by atoms with Crippen LogP contribution in [0.15, 0.2) is 80.8 Å². The smallest absolute Gasteiger partial charge is 0.343 e. The van der Waals surface area contributed by atoms with Gasteiger partial charge in [-0.25, -0.2) is 10.2 Å². The second-order valence-corrected chi connectivity index (χ2v) is 8.39. The fourth-order valence-electron chi connectivity index (χ4n) is 2.37. The van der Waals surface area contributed by atoms with Crippen LogP contribution in [-0.4, -0.2) is 24.7 Å². The summed E-state index contributed by atoms with van der Waals surface area (Å²) < 4.78 is 12.5. The summed E-state index contributed by atoms with van der Waals surface area (Å²) in [5.74, 6) is -0.201. The molecule has 0 aliphatic carbocycles. The van der Waals surface area contributed by atoms with Crippen molar-refractivity contribution in [2.24, 2.45) is 5.10 Å². The van der Waals surface area contributed by atoms with E-state index in [-0.39, 0.29) is 6.61 Å². The van der Waals surface area contributed by atoms with E-state index in [1.165, 1.54) is 6.21 Å². The Hall–Kier alpha value is -2.68. The lowest BCUT2D eigenvalue weighted by atomic mass is 10.2. The highest BCUT2D eigenvalue weighted by atomic mass is 79.9. The first-order valence-corrected chi connectivity index (χ1v) is 10.8. The fraction of sp³-hybridized carbons (Fsp3) is 0.0455. The van der Waals surface area contributed by atoms with Crippen LogP contribution in [0, 0.1) is 0 Å². The Labute approximate surface area is 200 Å². The topological polar surface area (TPSA) is 77.0 Å². The molecule has 0 aromatic heterocycles. The maximum atomic E-state index is 12.4. The average molecular weight is 567 g/mol. The molecule has 6 nitrogen and oxygen atoms in total. The van der Waals surface area contributed by atoms with Crippen LogP contribution in [-0.2, 0) is 4.79 Å². The lowest BCUT2D eigenvalue weighted by Gasteiger charge is -2.08. The van der Waals surface area contributed by atoms with Gasteiger partial charge in [-0.05, 0) is 60.7 Å². The zero-order chi connectivity index (χ0) is 22.2. The number of ether oxygens (including phenoxy) is 2. The maximum Gasteiger partial charge on any atom is 0.343 e. The summed E-state index contributed by atoms with van der Waals surface area (Å²) in [6, 6.07) is 18.6. The molecular weight excluding hydrogens is 552 g/mol. The zero-order valence-corrected chi connectivity index (χ0v) is 19.8. The van der Waals surface area contributed by atoms with Gasteiger partial charge in [-0.1, -0.05) is 49.5 Å². The van der Waals surface area contributed by atoms with Crippen LogP contribution in [0.2, 0.25) is 5.02 Å². The minimum Gasteiger partial charge on any atom is -0.484 e. The van der Waals surface area contributed by atoms with Crippen molar-refractivity contribution >= 4 is 61.6 Å². The van der Waals surface area contributed by atoms with Crippen molar-refractivity contribution in [2.45, 2.75) is 0 Å². The van der Waals surface area contributed by atoms with Crippen molar-refractivity contribution in [3.63, 3.8) is 0 Å². The first kappa shape index (κ1) is 23.0. The number of nitrogens with zero attached hydrogens (tertiary/aromatic N) is 1. The highest BCUT2D eigenvalue weighted by molar-refractivity contribution is 9.10. The number of esters is 1. The number of rotatable bonds is 7. The SMILES string of the molecule is O=C(COc1cccc(Cl)c1)N/N=C/c1cc(Br)ccc1OC(=O)c1ccc(Br)cc1. The van der Waals surface area contributed by atoms with E-state index in [4.69, 9.17) is 21.1 Å². The Morgan fingerprint density at radius 2 is 1.74 bits per heavy atom. The second-order valence-electron chi connectivity index (χ2n) is 6.12. The van der Waals surface area contributed by atoms with Crippen molar-refractivity contribution in [3.8, 4) is 11.5 Å². The lowest BCUT2D eigenvalue weighted by Crippen LogP contribution is -2.24. The number of nitrogens with one attached hydrogen (secondary N) is 1. The van der Waals surface area contributed by atoms with Gasteiger partial charge in [0.1, 0.15) is 11.5 Å². The van der Waals surface area contributed by atoms with E-state index < -0.39 is 11.9 Å². The first-order chi connectivity index (χ1) is 14.9. The van der Waals surface area contributed by atoms with E-state index in [0.717, 1.165) is 8.95 Å². The molecule has 3 rings (SSSR count). The van der Waals surface area contributed by atoms with E-state index in [1.807, 2.05) is 0 Å². The Balaban J connectivity index is 1.61. The van der Waals surface area contributed by atoms with E-state index >= 15 is 0 Å². The largest absolute Gasteiger partial charge is 0.484 e. The third kappa shape index (κ3) is 7.20. The molecule has 0 atom stereocenters. The molecule has 0 heterocycles. The monoisotopic (exact) mass is 564 g/mol. The maximum absolute atomic E-state index is 12.4. The van der Waals surface area contributed by atoms with Gasteiger partial charge in [0.25, 0.3) is 5.91 Å². The molecule has 0 fully saturated rings. The Bertz CT molecular complexity index is 1120. The molecule has 0 unspecified atom stereocenters. The molecule has 9 heteroatoms. The number of carbonyl (C=O) groups is 2. The molecule has 3 aromatic carbocycles. The first-order valence-electron chi connectivity index (χ1n) is 8.88. The number of halogens is 3. The highest BCUT2D eigenvalue weighted by Gasteiger charge is 2.12. The quantitative estimate of drug-likeness (QED) is 0.175. The normalized spacial score (nSPS) is 10.7. The lowest BCUT2D eigenvalue weighted by molar-refractivity contribution is -0.123. The van der Waals surface area contributed by atoms with Crippen molar-refractivity contribution in [1.82, 2.24) is 5.43 Å². The van der Waals surface area contributed by atoms with Crippen molar-refractivity contribution in [1.29, 1.82) is 0 Å². The summed E-state index contributed by atoms with van der Waals surface area (Å²) in [4.78, 5) is 24.4. The molecule has 0 radical (unpaired) electrons. The molecule has 3 aromatic rings. The van der Waals surface area contributed by atoms with Gasteiger partial charge in [0, 0.05) is 19.5 Å². The van der Waals surface area contributed by atoms with Gasteiger partial charge in [0.15, 0.2) is 6.61 Å². The van der Waals surface area contributed by atoms with Gasteiger partial charge < -0.3 is 9.47 Å². The summed E-state index contributed by atoms with van der Waals surface area (Å²) in [7, 11) is 0. The number of amides is 1. The van der Waals surface area contributed by atoms with Crippen LogP contribution in [0.3, 0.4) is 0 Å². The van der Waals surface area contributed by atoms with Gasteiger partial charge in [-0.15, -0.1) is 0 Å². The molecular formula is C22H15Br2ClN2O4. The highest BCUT2D eigenvalue weighted by Crippen LogP contribution is 2.23. The Kier molecular flexibility index (Phi) is 8.22. The molecule has 1 amide bonds. The summed E-state index contributed by atoms with van der Waals surface area (Å²) in [6.07, 6.45) is 1.38. The van der Waals surface area contributed by atoms with Crippen LogP contribution >= 0.6 is 43.5 Å². The molecule has 158 valence electrons. The van der Waals surface area contributed by atoms with Crippen LogP contribution in [0.25, 0.3) is 0 Å². The third-order valence-electron chi connectivity index (χ3n) is 3.81. The minimum absolute atomic E-state index is 0.235. The van der Waals surface area contributed by atoms with Gasteiger partial charge in [0.2, 0.25) is 0 Å². The van der Waals surface area contributed by atoms with E-state index in [2.05, 4.69) is 42.4 Å². The predicted octanol–water partition coefficient (Wildman–Crippen LogP) is 5.61. The molecule has 1 N–H and O–H groups in total. The van der Waals surface area contributed by atoms with Gasteiger partial charge in [0.05, 0.1) is 11.8 Å². The summed E-state index contributed by atoms with van der Waals surface area (Å²) >= 11 is 12.6. The van der Waals surface area contributed by atoms with Crippen molar-refractivity contribution < 1.29 is 19.1 Å². The van der Waals surface area contributed by atoms with Crippen molar-refractivity contribution in [3.05, 3.63) is 91.8 Å². The number of carbonyl (C=O) groups excluding carboxylic acids is 2. The van der Waals surface area contributed by atoms with E-state index in [9.17, 15) is 9.59 Å². The molecule has 0 saturated carbocycles. The summed E-state index contributed by atoms with van der Waals surface area (Å²) in [5.41, 5.74) is 3.26. The van der Waals surface area contributed by atoms with Crippen LogP contribution in [0.5, 0.6) is 11.5 Å². The van der Waals surface area contributed by atoms with Gasteiger partial charge >= 0.3 is 5.97 Å². The number of benzene rings is 3. The summed E-state index contributed by atoms with van der Waals surface area (Å²) in [5, 5.41) is 4.43. The molecule has 0 bridgehead atoms. The predicted molar refractivity (Wildman–Crippen MR) is 126 cm³/mol.